The highest BCUT2D eigenvalue weighted by atomic mass is 19.4. The van der Waals surface area contributed by atoms with Gasteiger partial charge in [0.15, 0.2) is 5.56 Å². The Morgan fingerprint density at radius 1 is 1.20 bits per heavy atom. The monoisotopic (exact) mass is 352 g/mol. The minimum absolute atomic E-state index is 0.0106. The number of hydrogen-bond acceptors (Lipinski definition) is 4. The highest BCUT2D eigenvalue weighted by Gasteiger charge is 2.26. The summed E-state index contributed by atoms with van der Waals surface area (Å²) in [6.07, 6.45) is -5.41. The summed E-state index contributed by atoms with van der Waals surface area (Å²) >= 11 is 0. The van der Waals surface area contributed by atoms with Crippen LogP contribution < -0.4 is 16.6 Å². The predicted molar refractivity (Wildman–Crippen MR) is 85.7 cm³/mol. The SMILES string of the molecule is Cn1c(Nc2cccc(CCC(F)(F)F)c2)c(C#N)c(=O)n(C)c1=O. The average Bonchev–Trinajstić information content (AvgIpc) is 2.56. The molecule has 132 valence electrons. The fourth-order valence-electron chi connectivity index (χ4n) is 2.32. The lowest BCUT2D eigenvalue weighted by Crippen LogP contribution is -2.39. The second kappa shape index (κ2) is 6.84. The molecule has 0 spiro atoms. The zero-order valence-corrected chi connectivity index (χ0v) is 13.5. The number of nitrogens with one attached hydrogen (secondary N) is 1. The molecule has 1 aromatic heterocycles. The van der Waals surface area contributed by atoms with E-state index in [-0.39, 0.29) is 17.8 Å². The van der Waals surface area contributed by atoms with Gasteiger partial charge in [0.25, 0.3) is 5.56 Å². The number of benzene rings is 1. The highest BCUT2D eigenvalue weighted by molar-refractivity contribution is 5.63. The summed E-state index contributed by atoms with van der Waals surface area (Å²) in [7, 11) is 2.64. The van der Waals surface area contributed by atoms with Crippen LogP contribution >= 0.6 is 0 Å². The maximum absolute atomic E-state index is 12.3. The number of nitrogens with zero attached hydrogens (tertiary/aromatic N) is 3. The predicted octanol–water partition coefficient (Wildman–Crippen LogP) is 2.19. The molecule has 0 unspecified atom stereocenters. The Balaban J connectivity index is 2.40. The Kier molecular flexibility index (Phi) is 5.02. The number of anilines is 2. The van der Waals surface area contributed by atoms with Gasteiger partial charge < -0.3 is 5.32 Å². The molecule has 0 aliphatic rings. The molecule has 0 bridgehead atoms. The van der Waals surface area contributed by atoms with E-state index in [1.54, 1.807) is 24.3 Å². The minimum atomic E-state index is -4.26. The second-order valence-corrected chi connectivity index (χ2v) is 5.48. The molecule has 0 radical (unpaired) electrons. The van der Waals surface area contributed by atoms with Crippen molar-refractivity contribution >= 4 is 11.5 Å². The largest absolute Gasteiger partial charge is 0.389 e. The van der Waals surface area contributed by atoms with E-state index in [9.17, 15) is 28.0 Å². The molecule has 0 saturated heterocycles. The molecule has 25 heavy (non-hydrogen) atoms. The van der Waals surface area contributed by atoms with Gasteiger partial charge in [0.1, 0.15) is 11.9 Å². The van der Waals surface area contributed by atoms with Gasteiger partial charge in [-0.3, -0.25) is 13.9 Å². The lowest BCUT2D eigenvalue weighted by molar-refractivity contribution is -0.133. The lowest BCUT2D eigenvalue weighted by Gasteiger charge is -2.14. The molecule has 1 aromatic carbocycles. The maximum atomic E-state index is 12.3. The van der Waals surface area contributed by atoms with E-state index in [0.717, 1.165) is 9.13 Å². The summed E-state index contributed by atoms with van der Waals surface area (Å²) in [5, 5.41) is 12.0. The minimum Gasteiger partial charge on any atom is -0.340 e. The third-order valence-electron chi connectivity index (χ3n) is 3.66. The third kappa shape index (κ3) is 4.09. The van der Waals surface area contributed by atoms with Gasteiger partial charge >= 0.3 is 11.9 Å². The quantitative estimate of drug-likeness (QED) is 0.915. The molecule has 0 aliphatic heterocycles. The van der Waals surface area contributed by atoms with Crippen LogP contribution in [0.1, 0.15) is 17.5 Å². The lowest BCUT2D eigenvalue weighted by atomic mass is 10.1. The van der Waals surface area contributed by atoms with Crippen molar-refractivity contribution in [2.24, 2.45) is 14.1 Å². The number of hydrogen-bond donors (Lipinski definition) is 1. The number of rotatable bonds is 4. The molecular weight excluding hydrogens is 337 g/mol. The van der Waals surface area contributed by atoms with Crippen molar-refractivity contribution in [1.29, 1.82) is 5.26 Å². The molecule has 0 fully saturated rings. The maximum Gasteiger partial charge on any atom is 0.389 e. The molecule has 1 heterocycles. The van der Waals surface area contributed by atoms with Gasteiger partial charge in [-0.05, 0) is 24.1 Å². The average molecular weight is 352 g/mol. The first-order valence-corrected chi connectivity index (χ1v) is 7.27. The second-order valence-electron chi connectivity index (χ2n) is 5.48. The van der Waals surface area contributed by atoms with E-state index >= 15 is 0 Å². The Bertz CT molecular complexity index is 952. The Hall–Kier alpha value is -3.02. The molecule has 0 aliphatic carbocycles. The summed E-state index contributed by atoms with van der Waals surface area (Å²) < 4.78 is 38.9. The van der Waals surface area contributed by atoms with Gasteiger partial charge in [0.2, 0.25) is 0 Å². The molecule has 0 saturated carbocycles. The molecule has 2 aromatic rings. The Labute approximate surface area is 140 Å². The number of aromatic nitrogens is 2. The van der Waals surface area contributed by atoms with Crippen LogP contribution in [-0.4, -0.2) is 15.3 Å². The standard InChI is InChI=1S/C16H15F3N4O2/c1-22-13(12(9-20)14(24)23(2)15(22)25)21-11-5-3-4-10(8-11)6-7-16(17,18)19/h3-5,8,21H,6-7H2,1-2H3. The molecule has 6 nitrogen and oxygen atoms in total. The van der Waals surface area contributed by atoms with E-state index < -0.39 is 23.8 Å². The number of alkyl halides is 3. The Morgan fingerprint density at radius 2 is 1.88 bits per heavy atom. The topological polar surface area (TPSA) is 79.8 Å². The summed E-state index contributed by atoms with van der Waals surface area (Å²) in [5.74, 6) is -0.0106. The van der Waals surface area contributed by atoms with E-state index in [1.165, 1.54) is 20.2 Å². The van der Waals surface area contributed by atoms with Crippen LogP contribution in [0.25, 0.3) is 0 Å². The first kappa shape index (κ1) is 18.3. The van der Waals surface area contributed by atoms with Crippen molar-refractivity contribution in [2.45, 2.75) is 19.0 Å². The summed E-state index contributed by atoms with van der Waals surface area (Å²) in [4.78, 5) is 24.0. The van der Waals surface area contributed by atoms with E-state index in [2.05, 4.69) is 5.32 Å². The summed E-state index contributed by atoms with van der Waals surface area (Å²) in [6, 6.07) is 7.90. The summed E-state index contributed by atoms with van der Waals surface area (Å²) in [5.41, 5.74) is -0.819. The zero-order valence-electron chi connectivity index (χ0n) is 13.5. The van der Waals surface area contributed by atoms with Gasteiger partial charge in [-0.25, -0.2) is 4.79 Å². The van der Waals surface area contributed by atoms with Gasteiger partial charge in [-0.15, -0.1) is 0 Å². The van der Waals surface area contributed by atoms with Crippen LogP contribution in [0.5, 0.6) is 0 Å². The van der Waals surface area contributed by atoms with Crippen molar-refractivity contribution in [2.75, 3.05) is 5.32 Å². The number of nitriles is 1. The van der Waals surface area contributed by atoms with E-state index in [0.29, 0.717) is 11.3 Å². The first-order chi connectivity index (χ1) is 11.6. The molecule has 9 heteroatoms. The van der Waals surface area contributed by atoms with Gasteiger partial charge in [-0.1, -0.05) is 12.1 Å². The van der Waals surface area contributed by atoms with E-state index in [1.807, 2.05) is 0 Å². The van der Waals surface area contributed by atoms with Crippen molar-refractivity contribution in [3.8, 4) is 6.07 Å². The molecular formula is C16H15F3N4O2. The van der Waals surface area contributed by atoms with Crippen molar-refractivity contribution in [3.05, 3.63) is 56.2 Å². The highest BCUT2D eigenvalue weighted by Crippen LogP contribution is 2.24. The van der Waals surface area contributed by atoms with Crippen molar-refractivity contribution in [3.63, 3.8) is 0 Å². The van der Waals surface area contributed by atoms with Crippen LogP contribution in [0.2, 0.25) is 0 Å². The fourth-order valence-corrected chi connectivity index (χ4v) is 2.32. The van der Waals surface area contributed by atoms with Gasteiger partial charge in [-0.2, -0.15) is 18.4 Å². The van der Waals surface area contributed by atoms with Crippen LogP contribution in [0.4, 0.5) is 24.7 Å². The van der Waals surface area contributed by atoms with Crippen LogP contribution in [0, 0.1) is 11.3 Å². The van der Waals surface area contributed by atoms with Crippen LogP contribution in [0.15, 0.2) is 33.9 Å². The molecule has 0 amide bonds. The van der Waals surface area contributed by atoms with Crippen molar-refractivity contribution < 1.29 is 13.2 Å². The number of halogens is 3. The van der Waals surface area contributed by atoms with Crippen molar-refractivity contribution in [1.82, 2.24) is 9.13 Å². The smallest absolute Gasteiger partial charge is 0.340 e. The molecule has 0 atom stereocenters. The fraction of sp³-hybridized carbons (Fsp3) is 0.312. The van der Waals surface area contributed by atoms with Gasteiger partial charge in [0, 0.05) is 26.2 Å². The third-order valence-corrected chi connectivity index (χ3v) is 3.66. The van der Waals surface area contributed by atoms with E-state index in [4.69, 9.17) is 0 Å². The normalized spacial score (nSPS) is 11.2. The van der Waals surface area contributed by atoms with Crippen LogP contribution in [-0.2, 0) is 20.5 Å². The molecule has 2 rings (SSSR count). The number of aryl methyl sites for hydroxylation is 1. The van der Waals surface area contributed by atoms with Gasteiger partial charge in [0.05, 0.1) is 0 Å². The van der Waals surface area contributed by atoms with Crippen LogP contribution in [0.3, 0.4) is 0 Å². The zero-order chi connectivity index (χ0) is 18.8. The first-order valence-electron chi connectivity index (χ1n) is 7.27. The summed E-state index contributed by atoms with van der Waals surface area (Å²) in [6.45, 7) is 0. The molecule has 1 N–H and O–H groups in total. The Morgan fingerprint density at radius 3 is 2.48 bits per heavy atom.